The number of hydrogen-bond donors (Lipinski definition) is 2. The SMILES string of the molecule is CCCNc1nc(NCC(C)S(C)=O)c(F)cc1F. The molecular formula is C12H19F2N3OS. The van der Waals surface area contributed by atoms with E-state index in [1.807, 2.05) is 6.92 Å². The molecule has 2 N–H and O–H groups in total. The minimum absolute atomic E-state index is 0.0241. The van der Waals surface area contributed by atoms with E-state index in [4.69, 9.17) is 0 Å². The van der Waals surface area contributed by atoms with Crippen molar-refractivity contribution in [2.24, 2.45) is 0 Å². The fourth-order valence-electron chi connectivity index (χ4n) is 1.32. The number of halogens is 2. The first-order chi connectivity index (χ1) is 8.95. The highest BCUT2D eigenvalue weighted by Crippen LogP contribution is 2.19. The third kappa shape index (κ3) is 4.74. The van der Waals surface area contributed by atoms with Crippen LogP contribution < -0.4 is 10.6 Å². The molecule has 0 aliphatic rings. The molecule has 2 unspecified atom stereocenters. The Hall–Kier alpha value is -1.24. The summed E-state index contributed by atoms with van der Waals surface area (Å²) >= 11 is 0. The van der Waals surface area contributed by atoms with Crippen molar-refractivity contribution in [3.63, 3.8) is 0 Å². The van der Waals surface area contributed by atoms with Gasteiger partial charge in [0.15, 0.2) is 23.3 Å². The maximum Gasteiger partial charge on any atom is 0.168 e. The van der Waals surface area contributed by atoms with Crippen molar-refractivity contribution < 1.29 is 13.0 Å². The van der Waals surface area contributed by atoms with Gasteiger partial charge < -0.3 is 10.6 Å². The molecule has 1 heterocycles. The van der Waals surface area contributed by atoms with E-state index in [2.05, 4.69) is 15.6 Å². The summed E-state index contributed by atoms with van der Waals surface area (Å²) in [5.74, 6) is -1.48. The molecule has 0 saturated heterocycles. The van der Waals surface area contributed by atoms with Crippen molar-refractivity contribution in [3.8, 4) is 0 Å². The molecule has 0 amide bonds. The highest BCUT2D eigenvalue weighted by atomic mass is 32.2. The number of hydrogen-bond acceptors (Lipinski definition) is 4. The molecule has 0 aliphatic heterocycles. The molecule has 1 rings (SSSR count). The van der Waals surface area contributed by atoms with Crippen LogP contribution in [0.2, 0.25) is 0 Å². The van der Waals surface area contributed by atoms with Crippen LogP contribution in [0.15, 0.2) is 6.07 Å². The number of rotatable bonds is 7. The van der Waals surface area contributed by atoms with Crippen molar-refractivity contribution in [1.29, 1.82) is 0 Å². The zero-order chi connectivity index (χ0) is 14.4. The van der Waals surface area contributed by atoms with Gasteiger partial charge >= 0.3 is 0 Å². The maximum atomic E-state index is 13.5. The van der Waals surface area contributed by atoms with Crippen molar-refractivity contribution in [2.75, 3.05) is 30.0 Å². The first kappa shape index (κ1) is 15.8. The lowest BCUT2D eigenvalue weighted by Crippen LogP contribution is -2.22. The van der Waals surface area contributed by atoms with Gasteiger partial charge in [-0.05, 0) is 13.3 Å². The molecule has 0 spiro atoms. The van der Waals surface area contributed by atoms with Crippen LogP contribution in [0.25, 0.3) is 0 Å². The van der Waals surface area contributed by atoms with Gasteiger partial charge in [0.25, 0.3) is 0 Å². The molecular weight excluding hydrogens is 272 g/mol. The van der Waals surface area contributed by atoms with E-state index in [-0.39, 0.29) is 16.9 Å². The molecule has 7 heteroatoms. The fourth-order valence-corrected chi connectivity index (χ4v) is 1.63. The number of anilines is 2. The third-order valence-corrected chi connectivity index (χ3v) is 3.90. The Bertz CT molecular complexity index is 457. The average molecular weight is 291 g/mol. The standard InChI is InChI=1S/C12H19F2N3OS/c1-4-5-15-11-9(13)6-10(14)12(17-11)16-7-8(2)19(3)18/h6,8H,4-5,7H2,1-3H3,(H2,15,16,17). The minimum atomic E-state index is -1.01. The largest absolute Gasteiger partial charge is 0.368 e. The summed E-state index contributed by atoms with van der Waals surface area (Å²) in [4.78, 5) is 3.87. The number of aromatic nitrogens is 1. The first-order valence-electron chi connectivity index (χ1n) is 6.11. The molecule has 4 nitrogen and oxygen atoms in total. The van der Waals surface area contributed by atoms with Gasteiger partial charge in [0, 0.05) is 41.5 Å². The van der Waals surface area contributed by atoms with Gasteiger partial charge in [-0.2, -0.15) is 0 Å². The van der Waals surface area contributed by atoms with Crippen LogP contribution in [0.5, 0.6) is 0 Å². The van der Waals surface area contributed by atoms with Gasteiger partial charge in [0.2, 0.25) is 0 Å². The Balaban J connectivity index is 2.79. The van der Waals surface area contributed by atoms with Crippen molar-refractivity contribution in [3.05, 3.63) is 17.7 Å². The second-order valence-electron chi connectivity index (χ2n) is 4.27. The summed E-state index contributed by atoms with van der Waals surface area (Å²) in [5.41, 5.74) is 0. The second-order valence-corrected chi connectivity index (χ2v) is 6.07. The zero-order valence-electron chi connectivity index (χ0n) is 11.3. The highest BCUT2D eigenvalue weighted by Gasteiger charge is 2.13. The Labute approximate surface area is 114 Å². The molecule has 19 heavy (non-hydrogen) atoms. The van der Waals surface area contributed by atoms with Crippen molar-refractivity contribution >= 4 is 22.4 Å². The van der Waals surface area contributed by atoms with Crippen LogP contribution in [0, 0.1) is 11.6 Å². The van der Waals surface area contributed by atoms with Gasteiger partial charge in [-0.1, -0.05) is 6.92 Å². The second kappa shape index (κ2) is 7.37. The van der Waals surface area contributed by atoms with E-state index in [1.54, 1.807) is 13.2 Å². The Morgan fingerprint density at radius 1 is 1.32 bits per heavy atom. The molecule has 2 atom stereocenters. The third-order valence-electron chi connectivity index (χ3n) is 2.60. The van der Waals surface area contributed by atoms with Crippen molar-refractivity contribution in [2.45, 2.75) is 25.5 Å². The molecule has 0 aromatic carbocycles. The van der Waals surface area contributed by atoms with Gasteiger partial charge in [-0.15, -0.1) is 0 Å². The number of pyridine rings is 1. The molecule has 0 saturated carbocycles. The van der Waals surface area contributed by atoms with Crippen molar-refractivity contribution in [1.82, 2.24) is 4.98 Å². The maximum absolute atomic E-state index is 13.5. The van der Waals surface area contributed by atoms with E-state index in [9.17, 15) is 13.0 Å². The summed E-state index contributed by atoms with van der Waals surface area (Å²) in [7, 11) is -1.01. The molecule has 1 aromatic rings. The van der Waals surface area contributed by atoms with E-state index in [0.29, 0.717) is 13.1 Å². The Kier molecular flexibility index (Phi) is 6.14. The zero-order valence-corrected chi connectivity index (χ0v) is 12.1. The van der Waals surface area contributed by atoms with Crippen LogP contribution in [0.4, 0.5) is 20.4 Å². The monoisotopic (exact) mass is 291 g/mol. The van der Waals surface area contributed by atoms with E-state index < -0.39 is 22.4 Å². The number of nitrogens with zero attached hydrogens (tertiary/aromatic N) is 1. The fraction of sp³-hybridized carbons (Fsp3) is 0.583. The minimum Gasteiger partial charge on any atom is -0.368 e. The van der Waals surface area contributed by atoms with Crippen LogP contribution in [-0.4, -0.2) is 33.8 Å². The first-order valence-corrected chi connectivity index (χ1v) is 7.73. The number of nitrogens with one attached hydrogen (secondary N) is 2. The quantitative estimate of drug-likeness (QED) is 0.810. The topological polar surface area (TPSA) is 54.0 Å². The molecule has 108 valence electrons. The van der Waals surface area contributed by atoms with E-state index in [1.165, 1.54) is 0 Å². The van der Waals surface area contributed by atoms with E-state index in [0.717, 1.165) is 12.5 Å². The normalized spacial score (nSPS) is 13.9. The molecule has 1 aromatic heterocycles. The molecule has 0 aliphatic carbocycles. The van der Waals surface area contributed by atoms with E-state index >= 15 is 0 Å². The van der Waals surface area contributed by atoms with Gasteiger partial charge in [-0.25, -0.2) is 13.8 Å². The van der Waals surface area contributed by atoms with Crippen LogP contribution >= 0.6 is 0 Å². The molecule has 0 radical (unpaired) electrons. The summed E-state index contributed by atoms with van der Waals surface area (Å²) < 4.78 is 38.2. The van der Waals surface area contributed by atoms with Crippen LogP contribution in [0.1, 0.15) is 20.3 Å². The lowest BCUT2D eigenvalue weighted by molar-refractivity contribution is 0.577. The average Bonchev–Trinajstić information content (AvgIpc) is 2.36. The lowest BCUT2D eigenvalue weighted by Gasteiger charge is -2.13. The lowest BCUT2D eigenvalue weighted by atomic mass is 10.3. The molecule has 0 bridgehead atoms. The van der Waals surface area contributed by atoms with Gasteiger partial charge in [0.05, 0.1) is 0 Å². The Morgan fingerprint density at radius 2 is 1.89 bits per heavy atom. The predicted octanol–water partition coefficient (Wildman–Crippen LogP) is 2.36. The highest BCUT2D eigenvalue weighted by molar-refractivity contribution is 7.84. The van der Waals surface area contributed by atoms with Crippen LogP contribution in [0.3, 0.4) is 0 Å². The smallest absolute Gasteiger partial charge is 0.168 e. The predicted molar refractivity (Wildman–Crippen MR) is 75.0 cm³/mol. The van der Waals surface area contributed by atoms with Gasteiger partial charge in [0.1, 0.15) is 0 Å². The summed E-state index contributed by atoms with van der Waals surface area (Å²) in [5, 5.41) is 5.40. The Morgan fingerprint density at radius 3 is 2.42 bits per heavy atom. The summed E-state index contributed by atoms with van der Waals surface area (Å²) in [6.45, 7) is 4.59. The molecule has 0 fully saturated rings. The summed E-state index contributed by atoms with van der Waals surface area (Å²) in [6, 6.07) is 0.793. The van der Waals surface area contributed by atoms with Crippen LogP contribution in [-0.2, 0) is 10.8 Å². The van der Waals surface area contributed by atoms with Gasteiger partial charge in [-0.3, -0.25) is 4.21 Å². The summed E-state index contributed by atoms with van der Waals surface area (Å²) in [6.07, 6.45) is 2.39.